The molecule has 0 amide bonds. The highest BCUT2D eigenvalue weighted by Gasteiger charge is 2.28. The molecule has 33 heavy (non-hydrogen) atoms. The van der Waals surface area contributed by atoms with Gasteiger partial charge in [-0.25, -0.2) is 18.2 Å². The second-order valence-electron chi connectivity index (χ2n) is 7.34. The second-order valence-corrected chi connectivity index (χ2v) is 10.6. The number of carbonyl (C=O) groups is 2. The number of sulfonamides is 1. The first-order valence-corrected chi connectivity index (χ1v) is 12.8. The Kier molecular flexibility index (Phi) is 6.80. The van der Waals surface area contributed by atoms with Gasteiger partial charge in [0.05, 0.1) is 17.0 Å². The van der Waals surface area contributed by atoms with E-state index in [4.69, 9.17) is 4.74 Å². The van der Waals surface area contributed by atoms with E-state index in [1.165, 1.54) is 16.1 Å². The van der Waals surface area contributed by atoms with E-state index in [2.05, 4.69) is 4.98 Å². The lowest BCUT2D eigenvalue weighted by atomic mass is 10.1. The van der Waals surface area contributed by atoms with Crippen molar-refractivity contribution in [3.05, 3.63) is 83.6 Å². The van der Waals surface area contributed by atoms with E-state index in [9.17, 15) is 18.0 Å². The second kappa shape index (κ2) is 9.76. The van der Waals surface area contributed by atoms with E-state index < -0.39 is 22.6 Å². The molecular weight excluding hydrogens is 460 g/mol. The fraction of sp³-hybridized carbons (Fsp3) is 0.208. The van der Waals surface area contributed by atoms with E-state index in [-0.39, 0.29) is 17.1 Å². The normalized spacial score (nSPS) is 12.9. The first kappa shape index (κ1) is 23.0. The zero-order valence-corrected chi connectivity index (χ0v) is 19.6. The van der Waals surface area contributed by atoms with Gasteiger partial charge in [-0.3, -0.25) is 9.10 Å². The maximum absolute atomic E-state index is 12.7. The molecule has 9 heteroatoms. The Bertz CT molecular complexity index is 1290. The minimum Gasteiger partial charge on any atom is -0.454 e. The van der Waals surface area contributed by atoms with Gasteiger partial charge in [0, 0.05) is 23.2 Å². The maximum atomic E-state index is 12.7. The highest BCUT2D eigenvalue weighted by molar-refractivity contribution is 7.99. The molecule has 4 rings (SSSR count). The standard InChI is InChI=1S/C24H22N2O5S2/c1-2-33(29,30)26-14-12-17-15-18(10-11-21(17)26)22(27)16-31-24(28)20-9-6-13-25-23(20)32-19-7-4-3-5-8-19/h3-11,13,15H,2,12,14,16H2,1H3. The highest BCUT2D eigenvalue weighted by atomic mass is 32.2. The summed E-state index contributed by atoms with van der Waals surface area (Å²) in [5.41, 5.74) is 2.05. The Morgan fingerprint density at radius 1 is 1.09 bits per heavy atom. The molecule has 1 aliphatic heterocycles. The van der Waals surface area contributed by atoms with Crippen LogP contribution in [0.5, 0.6) is 0 Å². The van der Waals surface area contributed by atoms with E-state index in [0.29, 0.717) is 29.2 Å². The summed E-state index contributed by atoms with van der Waals surface area (Å²) >= 11 is 1.34. The summed E-state index contributed by atoms with van der Waals surface area (Å²) in [5, 5.41) is 0.496. The van der Waals surface area contributed by atoms with E-state index >= 15 is 0 Å². The quantitative estimate of drug-likeness (QED) is 0.354. The number of ketones is 1. The van der Waals surface area contributed by atoms with Gasteiger partial charge in [-0.1, -0.05) is 30.0 Å². The van der Waals surface area contributed by atoms with Gasteiger partial charge in [0.25, 0.3) is 0 Å². The minimum atomic E-state index is -3.35. The van der Waals surface area contributed by atoms with Crippen molar-refractivity contribution in [1.29, 1.82) is 0 Å². The average molecular weight is 483 g/mol. The van der Waals surface area contributed by atoms with Gasteiger partial charge in [0.1, 0.15) is 5.03 Å². The van der Waals surface area contributed by atoms with Crippen molar-refractivity contribution < 1.29 is 22.7 Å². The lowest BCUT2D eigenvalue weighted by Gasteiger charge is -2.18. The Morgan fingerprint density at radius 2 is 1.88 bits per heavy atom. The van der Waals surface area contributed by atoms with Crippen LogP contribution in [0.25, 0.3) is 0 Å². The van der Waals surface area contributed by atoms with Gasteiger partial charge in [0.15, 0.2) is 12.4 Å². The smallest absolute Gasteiger partial charge is 0.341 e. The summed E-state index contributed by atoms with van der Waals surface area (Å²) < 4.78 is 31.1. The molecule has 3 aromatic rings. The van der Waals surface area contributed by atoms with Crippen molar-refractivity contribution in [2.24, 2.45) is 0 Å². The van der Waals surface area contributed by atoms with Crippen LogP contribution in [-0.4, -0.2) is 44.1 Å². The topological polar surface area (TPSA) is 93.6 Å². The number of Topliss-reactive ketones (excluding diaryl/α,β-unsaturated/α-hetero) is 1. The minimum absolute atomic E-state index is 0.0158. The molecule has 0 atom stereocenters. The number of pyridine rings is 1. The molecule has 0 radical (unpaired) electrons. The Labute approximate surface area is 196 Å². The number of ether oxygens (including phenoxy) is 1. The number of rotatable bonds is 8. The molecule has 1 aliphatic rings. The van der Waals surface area contributed by atoms with Crippen molar-refractivity contribution in [3.8, 4) is 0 Å². The number of aromatic nitrogens is 1. The number of carbonyl (C=O) groups excluding carboxylic acids is 2. The van der Waals surface area contributed by atoms with Gasteiger partial charge in [-0.15, -0.1) is 0 Å². The van der Waals surface area contributed by atoms with Crippen molar-refractivity contribution in [2.75, 3.05) is 23.2 Å². The van der Waals surface area contributed by atoms with Crippen molar-refractivity contribution >= 4 is 39.2 Å². The zero-order chi connectivity index (χ0) is 23.4. The molecule has 0 saturated carbocycles. The van der Waals surface area contributed by atoms with Crippen LogP contribution in [0.1, 0.15) is 33.2 Å². The third-order valence-electron chi connectivity index (χ3n) is 5.24. The highest BCUT2D eigenvalue weighted by Crippen LogP contribution is 2.32. The summed E-state index contributed by atoms with van der Waals surface area (Å²) in [4.78, 5) is 30.5. The van der Waals surface area contributed by atoms with Crippen LogP contribution in [0.3, 0.4) is 0 Å². The number of hydrogen-bond acceptors (Lipinski definition) is 7. The van der Waals surface area contributed by atoms with Crippen molar-refractivity contribution in [3.63, 3.8) is 0 Å². The number of fused-ring (bicyclic) bond motifs is 1. The summed E-state index contributed by atoms with van der Waals surface area (Å²) in [6.07, 6.45) is 2.13. The lowest BCUT2D eigenvalue weighted by molar-refractivity contribution is 0.0470. The number of hydrogen-bond donors (Lipinski definition) is 0. The molecule has 0 spiro atoms. The molecule has 2 aromatic carbocycles. The summed E-state index contributed by atoms with van der Waals surface area (Å²) in [6, 6.07) is 17.7. The summed E-state index contributed by atoms with van der Waals surface area (Å²) in [5.74, 6) is -0.970. The Morgan fingerprint density at radius 3 is 2.64 bits per heavy atom. The van der Waals surface area contributed by atoms with Crippen molar-refractivity contribution in [2.45, 2.75) is 23.3 Å². The molecule has 1 aromatic heterocycles. The van der Waals surface area contributed by atoms with Crippen LogP contribution in [-0.2, 0) is 21.2 Å². The number of esters is 1. The lowest BCUT2D eigenvalue weighted by Crippen LogP contribution is -2.30. The molecule has 0 aliphatic carbocycles. The van der Waals surface area contributed by atoms with Gasteiger partial charge in [0.2, 0.25) is 10.0 Å². The number of anilines is 1. The molecule has 170 valence electrons. The van der Waals surface area contributed by atoms with E-state index in [1.54, 1.807) is 43.5 Å². The predicted molar refractivity (Wildman–Crippen MR) is 126 cm³/mol. The Hall–Kier alpha value is -3.17. The Balaban J connectivity index is 1.44. The van der Waals surface area contributed by atoms with Crippen LogP contribution in [0.4, 0.5) is 5.69 Å². The number of benzene rings is 2. The molecule has 7 nitrogen and oxygen atoms in total. The SMILES string of the molecule is CCS(=O)(=O)N1CCc2cc(C(=O)COC(=O)c3cccnc3Sc3ccccc3)ccc21. The van der Waals surface area contributed by atoms with E-state index in [1.807, 2.05) is 30.3 Å². The summed E-state index contributed by atoms with van der Waals surface area (Å²) in [6.45, 7) is 1.55. The molecular formula is C24H22N2O5S2. The first-order valence-electron chi connectivity index (χ1n) is 10.4. The molecule has 0 saturated heterocycles. The predicted octanol–water partition coefficient (Wildman–Crippen LogP) is 3.98. The van der Waals surface area contributed by atoms with Crippen molar-refractivity contribution in [1.82, 2.24) is 4.98 Å². The van der Waals surface area contributed by atoms with Crippen LogP contribution in [0.15, 0.2) is 76.8 Å². The molecule has 0 N–H and O–H groups in total. The van der Waals surface area contributed by atoms with Crippen LogP contribution in [0.2, 0.25) is 0 Å². The van der Waals surface area contributed by atoms with Gasteiger partial charge >= 0.3 is 5.97 Å². The van der Waals surface area contributed by atoms with Crippen LogP contribution < -0.4 is 4.31 Å². The third-order valence-corrected chi connectivity index (χ3v) is 8.05. The van der Waals surface area contributed by atoms with Crippen LogP contribution >= 0.6 is 11.8 Å². The summed E-state index contributed by atoms with van der Waals surface area (Å²) in [7, 11) is -3.35. The number of nitrogens with zero attached hydrogens (tertiary/aromatic N) is 2. The third kappa shape index (κ3) is 5.09. The maximum Gasteiger partial charge on any atom is 0.341 e. The first-order chi connectivity index (χ1) is 15.9. The zero-order valence-electron chi connectivity index (χ0n) is 17.9. The van der Waals surface area contributed by atoms with E-state index in [0.717, 1.165) is 10.5 Å². The molecule has 0 bridgehead atoms. The molecule has 2 heterocycles. The largest absolute Gasteiger partial charge is 0.454 e. The monoisotopic (exact) mass is 482 g/mol. The van der Waals surface area contributed by atoms with Crippen LogP contribution in [0, 0.1) is 0 Å². The van der Waals surface area contributed by atoms with Gasteiger partial charge in [-0.05, 0) is 61.4 Å². The van der Waals surface area contributed by atoms with Gasteiger partial charge in [-0.2, -0.15) is 0 Å². The fourth-order valence-electron chi connectivity index (χ4n) is 3.51. The average Bonchev–Trinajstić information content (AvgIpc) is 3.27. The molecule has 0 fully saturated rings. The fourth-order valence-corrected chi connectivity index (χ4v) is 5.56. The molecule has 0 unspecified atom stereocenters. The van der Waals surface area contributed by atoms with Gasteiger partial charge < -0.3 is 4.74 Å².